The van der Waals surface area contributed by atoms with E-state index in [2.05, 4.69) is 157 Å². The lowest BCUT2D eigenvalue weighted by atomic mass is 9.81. The molecule has 0 heterocycles. The second kappa shape index (κ2) is 10.4. The van der Waals surface area contributed by atoms with E-state index in [1.54, 1.807) is 0 Å². The Balaban J connectivity index is 1.77. The largest absolute Gasteiger partial charge is 0.355 e. The van der Waals surface area contributed by atoms with E-state index in [1.807, 2.05) is 6.07 Å². The summed E-state index contributed by atoms with van der Waals surface area (Å²) in [4.78, 5) is 0. The highest BCUT2D eigenvalue weighted by molar-refractivity contribution is 6.06. The number of para-hydroxylation sites is 1. The van der Waals surface area contributed by atoms with Crippen molar-refractivity contribution < 1.29 is 0 Å². The number of anilines is 2. The SMILES string of the molecule is c1ccc(Nc2cc(-c3ccccc3)c(-c3ccccc3)c(-c3ccccc3)c2-c2ccccc2)cc1. The zero-order valence-electron chi connectivity index (χ0n) is 20.5. The fourth-order valence-corrected chi connectivity index (χ4v) is 5.01. The molecule has 0 saturated heterocycles. The molecule has 37 heavy (non-hydrogen) atoms. The summed E-state index contributed by atoms with van der Waals surface area (Å²) in [6.07, 6.45) is 0. The van der Waals surface area contributed by atoms with Crippen LogP contribution in [0.1, 0.15) is 0 Å². The van der Waals surface area contributed by atoms with E-state index >= 15 is 0 Å². The molecule has 0 unspecified atom stereocenters. The average molecular weight is 474 g/mol. The number of nitrogens with one attached hydrogen (secondary N) is 1. The van der Waals surface area contributed by atoms with Crippen LogP contribution in [-0.2, 0) is 0 Å². The molecule has 6 aromatic carbocycles. The highest BCUT2D eigenvalue weighted by atomic mass is 14.9. The third kappa shape index (κ3) is 4.68. The van der Waals surface area contributed by atoms with E-state index in [4.69, 9.17) is 0 Å². The quantitative estimate of drug-likeness (QED) is 0.254. The first-order valence-corrected chi connectivity index (χ1v) is 12.6. The van der Waals surface area contributed by atoms with Gasteiger partial charge < -0.3 is 5.32 Å². The molecule has 1 N–H and O–H groups in total. The smallest absolute Gasteiger partial charge is 0.0476 e. The van der Waals surface area contributed by atoms with Crippen molar-refractivity contribution in [3.63, 3.8) is 0 Å². The molecule has 0 amide bonds. The van der Waals surface area contributed by atoms with Crippen molar-refractivity contribution >= 4 is 11.4 Å². The van der Waals surface area contributed by atoms with Gasteiger partial charge in [-0.3, -0.25) is 0 Å². The van der Waals surface area contributed by atoms with Crippen LogP contribution >= 0.6 is 0 Å². The summed E-state index contributed by atoms with van der Waals surface area (Å²) in [6, 6.07) is 55.7. The first-order chi connectivity index (χ1) is 18.4. The van der Waals surface area contributed by atoms with Gasteiger partial charge in [0.05, 0.1) is 0 Å². The van der Waals surface area contributed by atoms with Gasteiger partial charge in [-0.15, -0.1) is 0 Å². The normalized spacial score (nSPS) is 10.7. The summed E-state index contributed by atoms with van der Waals surface area (Å²) >= 11 is 0. The van der Waals surface area contributed by atoms with Crippen molar-refractivity contribution in [2.75, 3.05) is 5.32 Å². The van der Waals surface area contributed by atoms with Crippen LogP contribution in [0.3, 0.4) is 0 Å². The summed E-state index contributed by atoms with van der Waals surface area (Å²) in [6.45, 7) is 0. The fraction of sp³-hybridized carbons (Fsp3) is 0. The number of hydrogen-bond acceptors (Lipinski definition) is 1. The Morgan fingerprint density at radius 3 is 1.19 bits per heavy atom. The van der Waals surface area contributed by atoms with Gasteiger partial charge in [-0.05, 0) is 51.6 Å². The minimum atomic E-state index is 1.06. The lowest BCUT2D eigenvalue weighted by molar-refractivity contribution is 1.50. The molecular weight excluding hydrogens is 446 g/mol. The van der Waals surface area contributed by atoms with Crippen molar-refractivity contribution in [2.24, 2.45) is 0 Å². The lowest BCUT2D eigenvalue weighted by Crippen LogP contribution is -2.00. The molecule has 0 bridgehead atoms. The molecule has 0 aliphatic carbocycles. The van der Waals surface area contributed by atoms with Crippen LogP contribution in [0.4, 0.5) is 11.4 Å². The van der Waals surface area contributed by atoms with Crippen molar-refractivity contribution in [1.29, 1.82) is 0 Å². The van der Waals surface area contributed by atoms with E-state index in [9.17, 15) is 0 Å². The van der Waals surface area contributed by atoms with E-state index < -0.39 is 0 Å². The molecule has 176 valence electrons. The molecule has 6 rings (SSSR count). The molecule has 0 fully saturated rings. The highest BCUT2D eigenvalue weighted by Crippen LogP contribution is 2.49. The minimum Gasteiger partial charge on any atom is -0.355 e. The summed E-state index contributed by atoms with van der Waals surface area (Å²) in [5, 5.41) is 3.77. The van der Waals surface area contributed by atoms with Crippen LogP contribution in [-0.4, -0.2) is 0 Å². The molecule has 0 spiro atoms. The summed E-state index contributed by atoms with van der Waals surface area (Å²) in [7, 11) is 0. The first-order valence-electron chi connectivity index (χ1n) is 12.6. The van der Waals surface area contributed by atoms with Gasteiger partial charge in [0.15, 0.2) is 0 Å². The van der Waals surface area contributed by atoms with Crippen LogP contribution in [0.2, 0.25) is 0 Å². The molecule has 1 nitrogen and oxygen atoms in total. The van der Waals surface area contributed by atoms with Crippen LogP contribution in [0.5, 0.6) is 0 Å². The van der Waals surface area contributed by atoms with Crippen molar-refractivity contribution in [3.8, 4) is 44.5 Å². The van der Waals surface area contributed by atoms with Crippen LogP contribution in [0.15, 0.2) is 158 Å². The monoisotopic (exact) mass is 473 g/mol. The number of rotatable bonds is 6. The molecule has 0 aromatic heterocycles. The van der Waals surface area contributed by atoms with Crippen molar-refractivity contribution in [1.82, 2.24) is 0 Å². The van der Waals surface area contributed by atoms with Crippen molar-refractivity contribution in [3.05, 3.63) is 158 Å². The standard InChI is InChI=1S/C36H27N/c1-6-16-27(17-7-1)32-26-33(37-31-24-14-5-15-25-31)35(29-20-10-3-11-21-29)36(30-22-12-4-13-23-30)34(32)28-18-8-2-9-19-28/h1-26,37H. The Labute approximate surface area is 218 Å². The Morgan fingerprint density at radius 1 is 0.324 bits per heavy atom. The Hall–Kier alpha value is -4.88. The number of benzene rings is 6. The van der Waals surface area contributed by atoms with E-state index in [0.29, 0.717) is 0 Å². The zero-order chi connectivity index (χ0) is 24.9. The molecule has 0 saturated carbocycles. The van der Waals surface area contributed by atoms with Crippen LogP contribution in [0.25, 0.3) is 44.5 Å². The third-order valence-electron chi connectivity index (χ3n) is 6.65. The summed E-state index contributed by atoms with van der Waals surface area (Å²) < 4.78 is 0. The van der Waals surface area contributed by atoms with Gasteiger partial charge in [-0.2, -0.15) is 0 Å². The maximum absolute atomic E-state index is 3.77. The predicted molar refractivity (Wildman–Crippen MR) is 158 cm³/mol. The van der Waals surface area contributed by atoms with E-state index in [1.165, 1.54) is 44.5 Å². The van der Waals surface area contributed by atoms with Gasteiger partial charge in [-0.25, -0.2) is 0 Å². The molecule has 0 atom stereocenters. The Bertz CT molecular complexity index is 1590. The van der Waals surface area contributed by atoms with Gasteiger partial charge >= 0.3 is 0 Å². The van der Waals surface area contributed by atoms with Gasteiger partial charge in [0.2, 0.25) is 0 Å². The summed E-state index contributed by atoms with van der Waals surface area (Å²) in [5.41, 5.74) is 11.7. The molecule has 1 heteroatoms. The zero-order valence-corrected chi connectivity index (χ0v) is 20.5. The van der Waals surface area contributed by atoms with E-state index in [-0.39, 0.29) is 0 Å². The van der Waals surface area contributed by atoms with Gasteiger partial charge in [0.1, 0.15) is 0 Å². The van der Waals surface area contributed by atoms with Crippen molar-refractivity contribution in [2.45, 2.75) is 0 Å². The maximum Gasteiger partial charge on any atom is 0.0476 e. The second-order valence-electron chi connectivity index (χ2n) is 9.05. The predicted octanol–water partition coefficient (Wildman–Crippen LogP) is 10.1. The maximum atomic E-state index is 3.77. The summed E-state index contributed by atoms with van der Waals surface area (Å²) in [5.74, 6) is 0. The van der Waals surface area contributed by atoms with Gasteiger partial charge in [0, 0.05) is 22.5 Å². The minimum absolute atomic E-state index is 1.06. The fourth-order valence-electron chi connectivity index (χ4n) is 5.01. The van der Waals surface area contributed by atoms with Crippen LogP contribution < -0.4 is 5.32 Å². The average Bonchev–Trinajstić information content (AvgIpc) is 2.99. The first kappa shape index (κ1) is 22.6. The van der Waals surface area contributed by atoms with Crippen LogP contribution in [0, 0.1) is 0 Å². The molecule has 6 aromatic rings. The Kier molecular flexibility index (Phi) is 6.34. The second-order valence-corrected chi connectivity index (χ2v) is 9.05. The topological polar surface area (TPSA) is 12.0 Å². The lowest BCUT2D eigenvalue weighted by Gasteiger charge is -2.24. The number of hydrogen-bond donors (Lipinski definition) is 1. The molecular formula is C36H27N. The van der Waals surface area contributed by atoms with Gasteiger partial charge in [0.25, 0.3) is 0 Å². The van der Waals surface area contributed by atoms with E-state index in [0.717, 1.165) is 11.4 Å². The molecule has 0 aliphatic rings. The highest BCUT2D eigenvalue weighted by Gasteiger charge is 2.22. The third-order valence-corrected chi connectivity index (χ3v) is 6.65. The molecule has 0 aliphatic heterocycles. The Morgan fingerprint density at radius 2 is 0.703 bits per heavy atom. The van der Waals surface area contributed by atoms with Gasteiger partial charge in [-0.1, -0.05) is 140 Å². The molecule has 0 radical (unpaired) electrons.